The lowest BCUT2D eigenvalue weighted by atomic mass is 10.1. The van der Waals surface area contributed by atoms with E-state index in [2.05, 4.69) is 68.5 Å². The van der Waals surface area contributed by atoms with Gasteiger partial charge in [0.1, 0.15) is 12.0 Å². The lowest BCUT2D eigenvalue weighted by Gasteiger charge is -2.14. The Kier molecular flexibility index (Phi) is 3.62. The number of imidazole rings is 1. The monoisotopic (exact) mass is 371 g/mol. The maximum Gasteiger partial charge on any atom is 0.116 e. The molecular weight excluding hydrogens is 358 g/mol. The number of nitrogens with zero attached hydrogens (tertiary/aromatic N) is 3. The van der Waals surface area contributed by atoms with E-state index in [-0.39, 0.29) is 0 Å². The van der Waals surface area contributed by atoms with E-state index in [0.29, 0.717) is 0 Å². The molecule has 124 valence electrons. The van der Waals surface area contributed by atoms with E-state index in [9.17, 15) is 0 Å². The minimum Gasteiger partial charge on any atom is -0.265 e. The second kappa shape index (κ2) is 6.12. The Morgan fingerprint density at radius 1 is 0.846 bits per heavy atom. The first kappa shape index (κ1) is 15.4. The average Bonchev–Trinajstić information content (AvgIpc) is 3.17. The van der Waals surface area contributed by atoms with Gasteiger partial charge in [0, 0.05) is 9.73 Å². The van der Waals surface area contributed by atoms with Gasteiger partial charge >= 0.3 is 0 Å². The molecule has 2 heterocycles. The third-order valence-corrected chi connectivity index (χ3v) is 5.89. The molecule has 2 aromatic carbocycles. The fourth-order valence-electron chi connectivity index (χ4n) is 3.13. The van der Waals surface area contributed by atoms with Crippen molar-refractivity contribution in [2.24, 2.45) is 0 Å². The SMILES string of the molecule is S=c1cc2ncnc-2c2sn(-c3ccccc3)c(-c3ccccc3)cc1=2. The molecule has 0 amide bonds. The molecule has 2 aromatic rings. The average molecular weight is 371 g/mol. The summed E-state index contributed by atoms with van der Waals surface area (Å²) in [7, 11) is 0. The van der Waals surface area contributed by atoms with E-state index in [4.69, 9.17) is 12.2 Å². The summed E-state index contributed by atoms with van der Waals surface area (Å²) in [6.45, 7) is 0. The molecule has 0 atom stereocenters. The van der Waals surface area contributed by atoms with Crippen molar-refractivity contribution in [3.8, 4) is 28.3 Å². The zero-order valence-corrected chi connectivity index (χ0v) is 15.3. The lowest BCUT2D eigenvalue weighted by molar-refractivity contribution is 1.18. The van der Waals surface area contributed by atoms with Gasteiger partial charge in [-0.2, -0.15) is 0 Å². The summed E-state index contributed by atoms with van der Waals surface area (Å²) < 4.78 is 4.11. The quantitative estimate of drug-likeness (QED) is 0.381. The van der Waals surface area contributed by atoms with Gasteiger partial charge in [-0.1, -0.05) is 72.3 Å². The minimum absolute atomic E-state index is 0.807. The maximum atomic E-state index is 5.65. The number of hydrogen-bond acceptors (Lipinski definition) is 4. The molecule has 0 saturated heterocycles. The third-order valence-electron chi connectivity index (χ3n) is 4.36. The predicted molar refractivity (Wildman–Crippen MR) is 107 cm³/mol. The molecular formula is C21H13N3S2. The number of para-hydroxylation sites is 1. The molecule has 0 aromatic heterocycles. The standard InChI is InChI=1S/C21H13N3S2/c25-19-12-17-20(23-13-22-17)21-16(19)11-18(14-7-3-1-4-8-14)24(26-21)15-9-5-2-6-10-15/h1-13H. The van der Waals surface area contributed by atoms with Gasteiger partial charge in [0.2, 0.25) is 0 Å². The van der Waals surface area contributed by atoms with Gasteiger partial charge in [-0.05, 0) is 29.8 Å². The fourth-order valence-corrected chi connectivity index (χ4v) is 4.64. The predicted octanol–water partition coefficient (Wildman–Crippen LogP) is 5.55. The van der Waals surface area contributed by atoms with Crippen LogP contribution in [0, 0.1) is 14.3 Å². The maximum absolute atomic E-state index is 5.65. The van der Waals surface area contributed by atoms with Crippen molar-refractivity contribution in [2.75, 3.05) is 0 Å². The molecule has 0 fully saturated rings. The second-order valence-electron chi connectivity index (χ2n) is 5.98. The van der Waals surface area contributed by atoms with Gasteiger partial charge in [0.25, 0.3) is 0 Å². The van der Waals surface area contributed by atoms with E-state index >= 15 is 0 Å². The van der Waals surface area contributed by atoms with Gasteiger partial charge < -0.3 is 0 Å². The van der Waals surface area contributed by atoms with Crippen LogP contribution in [-0.4, -0.2) is 13.9 Å². The molecule has 0 N–H and O–H groups in total. The topological polar surface area (TPSA) is 30.7 Å². The summed E-state index contributed by atoms with van der Waals surface area (Å²) in [5, 5.41) is 1.05. The molecule has 0 spiro atoms. The van der Waals surface area contributed by atoms with Gasteiger partial charge in [-0.25, -0.2) is 9.97 Å². The van der Waals surface area contributed by atoms with Crippen LogP contribution in [-0.2, 0) is 0 Å². The first-order chi connectivity index (χ1) is 12.8. The van der Waals surface area contributed by atoms with Crippen LogP contribution in [0.25, 0.3) is 28.3 Å². The first-order valence-corrected chi connectivity index (χ1v) is 9.41. The van der Waals surface area contributed by atoms with Crippen molar-refractivity contribution >= 4 is 23.8 Å². The number of hydrogen-bond donors (Lipinski definition) is 0. The van der Waals surface area contributed by atoms with Crippen LogP contribution in [0.2, 0.25) is 0 Å². The molecule has 0 bridgehead atoms. The van der Waals surface area contributed by atoms with Gasteiger partial charge in [-0.3, -0.25) is 3.96 Å². The van der Waals surface area contributed by atoms with E-state index in [1.54, 1.807) is 17.9 Å². The van der Waals surface area contributed by atoms with E-state index in [1.165, 1.54) is 0 Å². The zero-order chi connectivity index (χ0) is 17.5. The fraction of sp³-hybridized carbons (Fsp3) is 0. The Labute approximate surface area is 159 Å². The highest BCUT2D eigenvalue weighted by atomic mass is 32.1. The molecule has 5 heteroatoms. The Balaban J connectivity index is 1.96. The Bertz CT molecular complexity index is 1290. The van der Waals surface area contributed by atoms with Crippen molar-refractivity contribution in [1.29, 1.82) is 0 Å². The number of benzene rings is 2. The van der Waals surface area contributed by atoms with Crippen LogP contribution in [0.3, 0.4) is 0 Å². The summed E-state index contributed by atoms with van der Waals surface area (Å²) in [6, 6.07) is 24.8. The van der Waals surface area contributed by atoms with E-state index in [0.717, 1.165) is 42.6 Å². The van der Waals surface area contributed by atoms with Crippen molar-refractivity contribution < 1.29 is 0 Å². The van der Waals surface area contributed by atoms with Crippen LogP contribution in [0.5, 0.6) is 0 Å². The zero-order valence-electron chi connectivity index (χ0n) is 13.7. The largest absolute Gasteiger partial charge is 0.265 e. The highest BCUT2D eigenvalue weighted by Gasteiger charge is 2.14. The highest BCUT2D eigenvalue weighted by molar-refractivity contribution is 7.71. The molecule has 3 nitrogen and oxygen atoms in total. The Morgan fingerprint density at radius 2 is 1.58 bits per heavy atom. The van der Waals surface area contributed by atoms with Crippen LogP contribution >= 0.6 is 23.8 Å². The Hall–Kier alpha value is -2.89. The van der Waals surface area contributed by atoms with Gasteiger partial charge in [0.15, 0.2) is 0 Å². The normalized spacial score (nSPS) is 11.2. The van der Waals surface area contributed by atoms with Crippen LogP contribution in [0.15, 0.2) is 79.1 Å². The van der Waals surface area contributed by atoms with Crippen LogP contribution in [0.4, 0.5) is 0 Å². The summed E-state index contributed by atoms with van der Waals surface area (Å²) in [4.78, 5) is 8.80. The van der Waals surface area contributed by atoms with E-state index < -0.39 is 0 Å². The van der Waals surface area contributed by atoms with Crippen molar-refractivity contribution in [1.82, 2.24) is 13.9 Å². The Morgan fingerprint density at radius 3 is 2.35 bits per heavy atom. The smallest absolute Gasteiger partial charge is 0.116 e. The summed E-state index contributed by atoms with van der Waals surface area (Å²) in [5.74, 6) is 0. The van der Waals surface area contributed by atoms with Gasteiger partial charge in [0.05, 0.1) is 21.6 Å². The van der Waals surface area contributed by atoms with Crippen molar-refractivity contribution in [3.05, 3.63) is 93.4 Å². The van der Waals surface area contributed by atoms with Crippen molar-refractivity contribution in [3.63, 3.8) is 0 Å². The van der Waals surface area contributed by atoms with E-state index in [1.807, 2.05) is 18.2 Å². The summed E-state index contributed by atoms with van der Waals surface area (Å²) in [5.41, 5.74) is 5.13. The second-order valence-corrected chi connectivity index (χ2v) is 7.37. The third kappa shape index (κ3) is 2.44. The van der Waals surface area contributed by atoms with Gasteiger partial charge in [-0.15, -0.1) is 0 Å². The molecule has 0 unspecified atom stereocenters. The molecule has 5 rings (SSSR count). The number of rotatable bonds is 2. The molecule has 26 heavy (non-hydrogen) atoms. The number of fused-ring (bicyclic) bond motifs is 2. The minimum atomic E-state index is 0.807. The summed E-state index contributed by atoms with van der Waals surface area (Å²) >= 11 is 7.30. The number of aromatic nitrogens is 3. The highest BCUT2D eigenvalue weighted by Crippen LogP contribution is 2.30. The van der Waals surface area contributed by atoms with Crippen molar-refractivity contribution in [2.45, 2.75) is 0 Å². The van der Waals surface area contributed by atoms with Crippen LogP contribution in [0.1, 0.15) is 0 Å². The van der Waals surface area contributed by atoms with Crippen LogP contribution < -0.4 is 0 Å². The lowest BCUT2D eigenvalue weighted by Crippen LogP contribution is -1.99. The first-order valence-electron chi connectivity index (χ1n) is 8.23. The molecule has 1 aliphatic carbocycles. The molecule has 0 radical (unpaired) electrons. The molecule has 2 aliphatic heterocycles. The molecule has 0 saturated carbocycles. The molecule has 3 aliphatic rings. The summed E-state index contributed by atoms with van der Waals surface area (Å²) in [6.07, 6.45) is 1.60.